The zero-order valence-electron chi connectivity index (χ0n) is 7.33. The highest BCUT2D eigenvalue weighted by Gasteiger charge is 2.34. The topological polar surface area (TPSA) is 75.6 Å². The molecule has 0 heterocycles. The highest BCUT2D eigenvalue weighted by molar-refractivity contribution is 5.77. The van der Waals surface area contributed by atoms with Crippen molar-refractivity contribution in [3.05, 3.63) is 0 Å². The van der Waals surface area contributed by atoms with E-state index in [-0.39, 0.29) is 0 Å². The standard InChI is InChI=1S/C7H13NO4/c1-7(2,12-3)5(6(10)11)8-4-9/h4-5H,1-3H3,(H,8,9)(H,10,11)/t5-/m0/s1. The molecule has 0 aliphatic rings. The third-order valence-corrected chi connectivity index (χ3v) is 1.70. The van der Waals surface area contributed by atoms with Gasteiger partial charge < -0.3 is 15.2 Å². The molecular formula is C7H13NO4. The first-order chi connectivity index (χ1) is 5.45. The lowest BCUT2D eigenvalue weighted by molar-refractivity contribution is -0.148. The van der Waals surface area contributed by atoms with Gasteiger partial charge in [-0.15, -0.1) is 0 Å². The molecule has 0 rings (SSSR count). The van der Waals surface area contributed by atoms with Crippen molar-refractivity contribution in [2.75, 3.05) is 7.11 Å². The monoisotopic (exact) mass is 175 g/mol. The van der Waals surface area contributed by atoms with Crippen molar-refractivity contribution in [1.82, 2.24) is 5.32 Å². The van der Waals surface area contributed by atoms with Crippen molar-refractivity contribution in [2.24, 2.45) is 0 Å². The molecule has 0 unspecified atom stereocenters. The van der Waals surface area contributed by atoms with Crippen molar-refractivity contribution in [3.63, 3.8) is 0 Å². The summed E-state index contributed by atoms with van der Waals surface area (Å²) in [5.41, 5.74) is -0.910. The molecule has 0 radical (unpaired) electrons. The predicted molar refractivity (Wildman–Crippen MR) is 41.7 cm³/mol. The number of carbonyl (C=O) groups excluding carboxylic acids is 1. The Labute approximate surface area is 70.7 Å². The molecule has 70 valence electrons. The van der Waals surface area contributed by atoms with Crippen LogP contribution in [0.1, 0.15) is 13.8 Å². The first-order valence-electron chi connectivity index (χ1n) is 3.43. The molecule has 0 aliphatic heterocycles. The zero-order chi connectivity index (χ0) is 9.78. The van der Waals surface area contributed by atoms with Crippen LogP contribution in [0, 0.1) is 0 Å². The lowest BCUT2D eigenvalue weighted by atomic mass is 9.99. The second kappa shape index (κ2) is 4.06. The molecule has 1 amide bonds. The van der Waals surface area contributed by atoms with Crippen LogP contribution < -0.4 is 5.32 Å². The van der Waals surface area contributed by atoms with E-state index in [1.165, 1.54) is 7.11 Å². The molecule has 0 bridgehead atoms. The number of carboxylic acids is 1. The van der Waals surface area contributed by atoms with Crippen molar-refractivity contribution >= 4 is 12.4 Å². The molecule has 0 aromatic carbocycles. The van der Waals surface area contributed by atoms with E-state index >= 15 is 0 Å². The van der Waals surface area contributed by atoms with Crippen LogP contribution in [0.15, 0.2) is 0 Å². The highest BCUT2D eigenvalue weighted by Crippen LogP contribution is 2.13. The fourth-order valence-electron chi connectivity index (χ4n) is 0.755. The van der Waals surface area contributed by atoms with Gasteiger partial charge in [0.2, 0.25) is 6.41 Å². The number of methoxy groups -OCH3 is 1. The minimum atomic E-state index is -1.12. The van der Waals surface area contributed by atoms with Gasteiger partial charge in [-0.05, 0) is 13.8 Å². The SMILES string of the molecule is COC(C)(C)[C@@H](NC=O)C(=O)O. The molecule has 1 atom stereocenters. The van der Waals surface area contributed by atoms with E-state index in [1.807, 2.05) is 0 Å². The van der Waals surface area contributed by atoms with Crippen LogP contribution in [0.5, 0.6) is 0 Å². The second-order valence-corrected chi connectivity index (χ2v) is 2.86. The van der Waals surface area contributed by atoms with Crippen LogP contribution in [-0.2, 0) is 14.3 Å². The number of nitrogens with one attached hydrogen (secondary N) is 1. The van der Waals surface area contributed by atoms with Gasteiger partial charge in [0.15, 0.2) is 6.04 Å². The van der Waals surface area contributed by atoms with Gasteiger partial charge >= 0.3 is 5.97 Å². The quantitative estimate of drug-likeness (QED) is 0.558. The van der Waals surface area contributed by atoms with Gasteiger partial charge in [0.1, 0.15) is 0 Å². The molecule has 0 saturated heterocycles. The number of aliphatic carboxylic acids is 1. The lowest BCUT2D eigenvalue weighted by Crippen LogP contribution is -2.52. The highest BCUT2D eigenvalue weighted by atomic mass is 16.5. The number of carbonyl (C=O) groups is 2. The molecule has 5 nitrogen and oxygen atoms in total. The summed E-state index contributed by atoms with van der Waals surface area (Å²) >= 11 is 0. The van der Waals surface area contributed by atoms with E-state index in [0.29, 0.717) is 6.41 Å². The summed E-state index contributed by atoms with van der Waals surface area (Å²) in [4.78, 5) is 20.6. The van der Waals surface area contributed by atoms with Gasteiger partial charge in [0.25, 0.3) is 0 Å². The summed E-state index contributed by atoms with van der Waals surface area (Å²) in [6, 6.07) is -1.03. The molecule has 0 saturated carbocycles. The number of amides is 1. The molecule has 0 aliphatic carbocycles. The molecule has 0 aromatic heterocycles. The average molecular weight is 175 g/mol. The van der Waals surface area contributed by atoms with E-state index in [4.69, 9.17) is 9.84 Å². The largest absolute Gasteiger partial charge is 0.480 e. The Balaban J connectivity index is 4.48. The van der Waals surface area contributed by atoms with Gasteiger partial charge in [-0.1, -0.05) is 0 Å². The van der Waals surface area contributed by atoms with E-state index in [0.717, 1.165) is 0 Å². The number of rotatable bonds is 5. The van der Waals surface area contributed by atoms with Gasteiger partial charge in [-0.2, -0.15) is 0 Å². The van der Waals surface area contributed by atoms with Gasteiger partial charge in [-0.25, -0.2) is 4.79 Å². The molecule has 0 fully saturated rings. The molecule has 0 aromatic rings. The summed E-state index contributed by atoms with van der Waals surface area (Å²) in [6.45, 7) is 3.17. The summed E-state index contributed by atoms with van der Waals surface area (Å²) in [5, 5.41) is 10.8. The third-order valence-electron chi connectivity index (χ3n) is 1.70. The van der Waals surface area contributed by atoms with Crippen LogP contribution >= 0.6 is 0 Å². The van der Waals surface area contributed by atoms with E-state index in [9.17, 15) is 9.59 Å². The van der Waals surface area contributed by atoms with E-state index in [2.05, 4.69) is 5.32 Å². The fraction of sp³-hybridized carbons (Fsp3) is 0.714. The first kappa shape index (κ1) is 10.9. The number of ether oxygens (including phenoxy) is 1. The smallest absolute Gasteiger partial charge is 0.329 e. The Morgan fingerprint density at radius 3 is 2.42 bits per heavy atom. The second-order valence-electron chi connectivity index (χ2n) is 2.86. The summed E-state index contributed by atoms with van der Waals surface area (Å²) in [5.74, 6) is -1.12. The third kappa shape index (κ3) is 2.50. The molecule has 12 heavy (non-hydrogen) atoms. The van der Waals surface area contributed by atoms with Crippen LogP contribution in [-0.4, -0.2) is 36.2 Å². The molecule has 0 spiro atoms. The normalized spacial score (nSPS) is 13.6. The van der Waals surface area contributed by atoms with E-state index in [1.54, 1.807) is 13.8 Å². The Hall–Kier alpha value is -1.10. The Kier molecular flexibility index (Phi) is 3.69. The van der Waals surface area contributed by atoms with Crippen molar-refractivity contribution in [2.45, 2.75) is 25.5 Å². The Morgan fingerprint density at radius 1 is 1.67 bits per heavy atom. The van der Waals surface area contributed by atoms with Crippen molar-refractivity contribution in [3.8, 4) is 0 Å². The van der Waals surface area contributed by atoms with Crippen molar-refractivity contribution in [1.29, 1.82) is 0 Å². The van der Waals surface area contributed by atoms with Crippen molar-refractivity contribution < 1.29 is 19.4 Å². The van der Waals surface area contributed by atoms with Gasteiger partial charge in [-0.3, -0.25) is 4.79 Å². The van der Waals surface area contributed by atoms with Crippen LogP contribution in [0.25, 0.3) is 0 Å². The number of hydrogen-bond acceptors (Lipinski definition) is 3. The van der Waals surface area contributed by atoms with Gasteiger partial charge in [0.05, 0.1) is 5.60 Å². The Bertz CT molecular complexity index is 178. The summed E-state index contributed by atoms with van der Waals surface area (Å²) in [7, 11) is 1.39. The Morgan fingerprint density at radius 2 is 2.17 bits per heavy atom. The average Bonchev–Trinajstić information content (AvgIpc) is 1.99. The fourth-order valence-corrected chi connectivity index (χ4v) is 0.755. The first-order valence-corrected chi connectivity index (χ1v) is 3.43. The minimum absolute atomic E-state index is 0.347. The maximum absolute atomic E-state index is 10.6. The minimum Gasteiger partial charge on any atom is -0.480 e. The summed E-state index contributed by atoms with van der Waals surface area (Å²) < 4.78 is 4.91. The molecule has 2 N–H and O–H groups in total. The molecular weight excluding hydrogens is 162 g/mol. The predicted octanol–water partition coefficient (Wildman–Crippen LogP) is -0.389. The number of carboxylic acid groups (broad SMARTS) is 1. The van der Waals surface area contributed by atoms with Gasteiger partial charge in [0, 0.05) is 7.11 Å². The number of hydrogen-bond donors (Lipinski definition) is 2. The lowest BCUT2D eigenvalue weighted by Gasteiger charge is -2.29. The van der Waals surface area contributed by atoms with Crippen LogP contribution in [0.2, 0.25) is 0 Å². The van der Waals surface area contributed by atoms with Crippen LogP contribution in [0.4, 0.5) is 0 Å². The van der Waals surface area contributed by atoms with E-state index < -0.39 is 17.6 Å². The summed E-state index contributed by atoms with van der Waals surface area (Å²) in [6.07, 6.45) is 0.347. The van der Waals surface area contributed by atoms with Crippen LogP contribution in [0.3, 0.4) is 0 Å². The maximum Gasteiger partial charge on any atom is 0.329 e. The maximum atomic E-state index is 10.6. The zero-order valence-corrected chi connectivity index (χ0v) is 7.33. The molecule has 5 heteroatoms.